The number of ether oxygens (including phenoxy) is 2. The minimum absolute atomic E-state index is 0.0262. The molecule has 0 aromatic carbocycles. The molecule has 0 aromatic heterocycles. The third-order valence-electron chi connectivity index (χ3n) is 3.35. The normalized spacial score (nSPS) is 41.5. The molecule has 0 aliphatic carbocycles. The van der Waals surface area contributed by atoms with Crippen molar-refractivity contribution in [3.63, 3.8) is 0 Å². The molecule has 2 fully saturated rings. The average Bonchev–Trinajstić information content (AvgIpc) is 2.74. The third kappa shape index (κ3) is 1.80. The number of fused-ring (bicyclic) bond motifs is 1. The van der Waals surface area contributed by atoms with Gasteiger partial charge in [-0.3, -0.25) is 0 Å². The standard InChI is InChI=1S/C10H19N2O3/c1-12(2)10-9(7(11)3-13)6-4-14-5-8(6)15-10/h6-10,13H,1,3-5,11H2,2H3/q+1. The second-order valence-electron chi connectivity index (χ2n) is 4.45. The Morgan fingerprint density at radius 2 is 2.33 bits per heavy atom. The molecule has 5 heteroatoms. The van der Waals surface area contributed by atoms with Gasteiger partial charge in [0.1, 0.15) is 13.8 Å². The van der Waals surface area contributed by atoms with Gasteiger partial charge in [-0.1, -0.05) is 0 Å². The summed E-state index contributed by atoms with van der Waals surface area (Å²) in [5.41, 5.74) is 5.92. The van der Waals surface area contributed by atoms with Gasteiger partial charge in [0.2, 0.25) is 0 Å². The molecule has 2 aliphatic heterocycles. The Kier molecular flexibility index (Phi) is 3.06. The molecule has 5 nitrogen and oxygen atoms in total. The van der Waals surface area contributed by atoms with Crippen molar-refractivity contribution in [2.75, 3.05) is 26.9 Å². The molecular formula is C10H19N2O3+. The van der Waals surface area contributed by atoms with Gasteiger partial charge in [0.25, 0.3) is 6.23 Å². The highest BCUT2D eigenvalue weighted by Gasteiger charge is 2.53. The maximum Gasteiger partial charge on any atom is 0.261 e. The Morgan fingerprint density at radius 1 is 1.60 bits per heavy atom. The average molecular weight is 215 g/mol. The molecule has 2 aliphatic rings. The second kappa shape index (κ2) is 4.17. The van der Waals surface area contributed by atoms with Crippen molar-refractivity contribution in [3.05, 3.63) is 0 Å². The lowest BCUT2D eigenvalue weighted by Gasteiger charge is -2.22. The molecule has 0 saturated carbocycles. The molecule has 2 rings (SSSR count). The fourth-order valence-corrected chi connectivity index (χ4v) is 2.58. The van der Waals surface area contributed by atoms with E-state index in [1.54, 1.807) is 4.58 Å². The van der Waals surface area contributed by atoms with Crippen molar-refractivity contribution in [1.29, 1.82) is 0 Å². The number of aliphatic hydroxyl groups excluding tert-OH is 1. The predicted molar refractivity (Wildman–Crippen MR) is 54.8 cm³/mol. The topological polar surface area (TPSA) is 67.7 Å². The minimum Gasteiger partial charge on any atom is -0.395 e. The van der Waals surface area contributed by atoms with Crippen molar-refractivity contribution < 1.29 is 19.2 Å². The lowest BCUT2D eigenvalue weighted by atomic mass is 9.86. The zero-order chi connectivity index (χ0) is 11.0. The summed E-state index contributed by atoms with van der Waals surface area (Å²) < 4.78 is 13.0. The van der Waals surface area contributed by atoms with Gasteiger partial charge < -0.3 is 20.3 Å². The Hall–Kier alpha value is -0.490. The monoisotopic (exact) mass is 215 g/mol. The van der Waals surface area contributed by atoms with Gasteiger partial charge in [0, 0.05) is 12.0 Å². The second-order valence-corrected chi connectivity index (χ2v) is 4.45. The van der Waals surface area contributed by atoms with Crippen molar-refractivity contribution in [3.8, 4) is 0 Å². The molecule has 86 valence electrons. The summed E-state index contributed by atoms with van der Waals surface area (Å²) >= 11 is 0. The van der Waals surface area contributed by atoms with Crippen LogP contribution in [0.2, 0.25) is 0 Å². The van der Waals surface area contributed by atoms with E-state index in [1.165, 1.54) is 0 Å². The first-order valence-electron chi connectivity index (χ1n) is 5.28. The van der Waals surface area contributed by atoms with E-state index in [0.29, 0.717) is 19.1 Å². The van der Waals surface area contributed by atoms with E-state index in [9.17, 15) is 0 Å². The molecule has 0 aromatic rings. The first-order valence-corrected chi connectivity index (χ1v) is 5.28. The fourth-order valence-electron chi connectivity index (χ4n) is 2.58. The summed E-state index contributed by atoms with van der Waals surface area (Å²) in [5, 5.41) is 9.15. The van der Waals surface area contributed by atoms with Crippen LogP contribution >= 0.6 is 0 Å². The van der Waals surface area contributed by atoms with Crippen LogP contribution < -0.4 is 5.73 Å². The molecule has 0 bridgehead atoms. The summed E-state index contributed by atoms with van der Waals surface area (Å²) in [6.07, 6.45) is 0.00727. The van der Waals surface area contributed by atoms with Gasteiger partial charge in [0.15, 0.2) is 0 Å². The number of nitrogens with two attached hydrogens (primary N) is 1. The van der Waals surface area contributed by atoms with Gasteiger partial charge in [-0.05, 0) is 0 Å². The third-order valence-corrected chi connectivity index (χ3v) is 3.35. The molecule has 5 unspecified atom stereocenters. The molecule has 0 spiro atoms. The van der Waals surface area contributed by atoms with Crippen molar-refractivity contribution >= 4 is 6.72 Å². The molecule has 0 radical (unpaired) electrons. The SMILES string of the molecule is C=[N+](C)C1OC2COCC2C1C(N)CO. The number of aliphatic hydroxyl groups is 1. The molecule has 3 N–H and O–H groups in total. The summed E-state index contributed by atoms with van der Waals surface area (Å²) in [7, 11) is 1.86. The van der Waals surface area contributed by atoms with Crippen LogP contribution in [-0.2, 0) is 9.47 Å². The van der Waals surface area contributed by atoms with Gasteiger partial charge in [0.05, 0.1) is 31.8 Å². The number of hydrogen-bond acceptors (Lipinski definition) is 4. The maximum atomic E-state index is 9.15. The molecule has 15 heavy (non-hydrogen) atoms. The van der Waals surface area contributed by atoms with Crippen LogP contribution in [0.1, 0.15) is 0 Å². The van der Waals surface area contributed by atoms with Gasteiger partial charge in [-0.25, -0.2) is 4.58 Å². The Bertz CT molecular complexity index is 259. The largest absolute Gasteiger partial charge is 0.395 e. The Morgan fingerprint density at radius 3 is 2.93 bits per heavy atom. The van der Waals surface area contributed by atoms with Gasteiger partial charge >= 0.3 is 0 Å². The summed E-state index contributed by atoms with van der Waals surface area (Å²) in [6, 6.07) is -0.268. The van der Waals surface area contributed by atoms with Crippen molar-refractivity contribution in [2.45, 2.75) is 18.4 Å². The van der Waals surface area contributed by atoms with Crippen LogP contribution in [0.4, 0.5) is 0 Å². The van der Waals surface area contributed by atoms with E-state index in [0.717, 1.165) is 0 Å². The number of rotatable bonds is 3. The minimum atomic E-state index is -0.268. The molecular weight excluding hydrogens is 196 g/mol. The summed E-state index contributed by atoms with van der Waals surface area (Å²) in [6.45, 7) is 5.12. The highest BCUT2D eigenvalue weighted by molar-refractivity contribution is 5.14. The molecule has 0 amide bonds. The summed E-state index contributed by atoms with van der Waals surface area (Å²) in [4.78, 5) is 0. The van der Waals surface area contributed by atoms with Crippen molar-refractivity contribution in [2.24, 2.45) is 17.6 Å². The smallest absolute Gasteiger partial charge is 0.261 e. The Balaban J connectivity index is 2.16. The van der Waals surface area contributed by atoms with Crippen LogP contribution in [0.25, 0.3) is 0 Å². The maximum absolute atomic E-state index is 9.15. The van der Waals surface area contributed by atoms with E-state index >= 15 is 0 Å². The van der Waals surface area contributed by atoms with E-state index in [2.05, 4.69) is 6.72 Å². The van der Waals surface area contributed by atoms with E-state index in [4.69, 9.17) is 20.3 Å². The number of hydrogen-bond donors (Lipinski definition) is 2. The van der Waals surface area contributed by atoms with Gasteiger partial charge in [-0.2, -0.15) is 0 Å². The van der Waals surface area contributed by atoms with Gasteiger partial charge in [-0.15, -0.1) is 0 Å². The van der Waals surface area contributed by atoms with E-state index < -0.39 is 0 Å². The van der Waals surface area contributed by atoms with Crippen LogP contribution in [-0.4, -0.2) is 61.6 Å². The quantitative estimate of drug-likeness (QED) is 0.450. The zero-order valence-electron chi connectivity index (χ0n) is 9.00. The summed E-state index contributed by atoms with van der Waals surface area (Å²) in [5.74, 6) is 0.395. The first-order chi connectivity index (χ1) is 7.15. The van der Waals surface area contributed by atoms with Crippen LogP contribution in [0.3, 0.4) is 0 Å². The van der Waals surface area contributed by atoms with Crippen LogP contribution in [0, 0.1) is 11.8 Å². The highest BCUT2D eigenvalue weighted by atomic mass is 16.6. The molecule has 5 atom stereocenters. The van der Waals surface area contributed by atoms with E-state index in [1.807, 2.05) is 7.05 Å². The predicted octanol–water partition coefficient (Wildman–Crippen LogP) is -1.36. The first kappa shape index (κ1) is 11.0. The fraction of sp³-hybridized carbons (Fsp3) is 0.900. The number of nitrogens with zero attached hydrogens (tertiary/aromatic N) is 1. The van der Waals surface area contributed by atoms with Crippen molar-refractivity contribution in [1.82, 2.24) is 0 Å². The van der Waals surface area contributed by atoms with Crippen LogP contribution in [0.5, 0.6) is 0 Å². The Labute approximate surface area is 89.5 Å². The lowest BCUT2D eigenvalue weighted by molar-refractivity contribution is -0.587. The van der Waals surface area contributed by atoms with Crippen LogP contribution in [0.15, 0.2) is 0 Å². The zero-order valence-corrected chi connectivity index (χ0v) is 9.00. The molecule has 2 saturated heterocycles. The highest BCUT2D eigenvalue weighted by Crippen LogP contribution is 2.38. The molecule has 2 heterocycles. The van der Waals surface area contributed by atoms with E-state index in [-0.39, 0.29) is 30.9 Å². The lowest BCUT2D eigenvalue weighted by Crippen LogP contribution is -2.45.